The zero-order valence-corrected chi connectivity index (χ0v) is 12.7. The van der Waals surface area contributed by atoms with Crippen molar-refractivity contribution in [2.24, 2.45) is 0 Å². The lowest BCUT2D eigenvalue weighted by Crippen LogP contribution is -2.46. The number of ether oxygens (including phenoxy) is 1. The molecule has 1 amide bonds. The summed E-state index contributed by atoms with van der Waals surface area (Å²) >= 11 is 11.8. The third-order valence-electron chi connectivity index (χ3n) is 3.31. The first-order chi connectivity index (χ1) is 9.97. The number of aliphatic carboxylic acids is 1. The number of benzene rings is 1. The van der Waals surface area contributed by atoms with Gasteiger partial charge in [0.2, 0.25) is 0 Å². The van der Waals surface area contributed by atoms with Crippen LogP contribution in [0.1, 0.15) is 23.2 Å². The Balaban J connectivity index is 2.25. The minimum atomic E-state index is -1.05. The minimum absolute atomic E-state index is 0.153. The van der Waals surface area contributed by atoms with Crippen molar-refractivity contribution in [3.63, 3.8) is 0 Å². The van der Waals surface area contributed by atoms with Gasteiger partial charge in [-0.05, 0) is 31.0 Å². The van der Waals surface area contributed by atoms with Crippen LogP contribution in [0, 0.1) is 0 Å². The predicted molar refractivity (Wildman–Crippen MR) is 79.0 cm³/mol. The molecule has 0 atom stereocenters. The fourth-order valence-corrected chi connectivity index (χ4v) is 2.88. The highest BCUT2D eigenvalue weighted by Gasteiger charge is 2.28. The fourth-order valence-electron chi connectivity index (χ4n) is 2.35. The molecule has 1 N–H and O–H groups in total. The van der Waals surface area contributed by atoms with Gasteiger partial charge in [-0.25, -0.2) is 0 Å². The first-order valence-electron chi connectivity index (χ1n) is 6.54. The van der Waals surface area contributed by atoms with Gasteiger partial charge in [0.05, 0.1) is 0 Å². The van der Waals surface area contributed by atoms with Crippen LogP contribution >= 0.6 is 23.2 Å². The van der Waals surface area contributed by atoms with E-state index < -0.39 is 5.97 Å². The second kappa shape index (κ2) is 7.11. The Labute approximate surface area is 132 Å². The maximum atomic E-state index is 12.6. The largest absolute Gasteiger partial charge is 0.480 e. The summed E-state index contributed by atoms with van der Waals surface area (Å²) in [5.74, 6) is -1.43. The van der Waals surface area contributed by atoms with Gasteiger partial charge in [0, 0.05) is 34.9 Å². The summed E-state index contributed by atoms with van der Waals surface area (Å²) in [6.45, 7) is 0.683. The van der Waals surface area contributed by atoms with Crippen molar-refractivity contribution in [3.8, 4) is 0 Å². The zero-order valence-electron chi connectivity index (χ0n) is 11.2. The fraction of sp³-hybridized carbons (Fsp3) is 0.429. The summed E-state index contributed by atoms with van der Waals surface area (Å²) in [7, 11) is 0. The monoisotopic (exact) mass is 331 g/mol. The predicted octanol–water partition coefficient (Wildman–Crippen LogP) is 2.70. The van der Waals surface area contributed by atoms with Gasteiger partial charge in [-0.2, -0.15) is 0 Å². The van der Waals surface area contributed by atoms with E-state index in [1.807, 2.05) is 0 Å². The van der Waals surface area contributed by atoms with Crippen LogP contribution in [0.4, 0.5) is 0 Å². The average molecular weight is 332 g/mol. The summed E-state index contributed by atoms with van der Waals surface area (Å²) in [4.78, 5) is 25.0. The van der Waals surface area contributed by atoms with E-state index in [2.05, 4.69) is 0 Å². The summed E-state index contributed by atoms with van der Waals surface area (Å²) in [5.41, 5.74) is 0.292. The Kier molecular flexibility index (Phi) is 5.45. The molecule has 0 radical (unpaired) electrons. The third-order valence-corrected chi connectivity index (χ3v) is 3.74. The SMILES string of the molecule is O=C(O)CN(C(=O)c1cc(Cl)cc(Cl)c1)C1CCOCC1. The summed E-state index contributed by atoms with van der Waals surface area (Å²) in [6, 6.07) is 4.35. The van der Waals surface area contributed by atoms with Crippen molar-refractivity contribution in [2.45, 2.75) is 18.9 Å². The number of hydrogen-bond acceptors (Lipinski definition) is 3. The molecule has 0 unspecified atom stereocenters. The van der Waals surface area contributed by atoms with Gasteiger partial charge in [-0.1, -0.05) is 23.2 Å². The van der Waals surface area contributed by atoms with E-state index in [9.17, 15) is 9.59 Å². The van der Waals surface area contributed by atoms with Crippen LogP contribution < -0.4 is 0 Å². The quantitative estimate of drug-likeness (QED) is 0.921. The van der Waals surface area contributed by atoms with Crippen molar-refractivity contribution in [1.29, 1.82) is 0 Å². The maximum absolute atomic E-state index is 12.6. The molecule has 0 saturated carbocycles. The number of carboxylic acid groups (broad SMARTS) is 1. The number of halogens is 2. The van der Waals surface area contributed by atoms with Crippen molar-refractivity contribution in [2.75, 3.05) is 19.8 Å². The van der Waals surface area contributed by atoms with E-state index in [0.29, 0.717) is 41.7 Å². The Morgan fingerprint density at radius 3 is 2.29 bits per heavy atom. The van der Waals surface area contributed by atoms with Gasteiger partial charge in [-0.15, -0.1) is 0 Å². The van der Waals surface area contributed by atoms with Crippen molar-refractivity contribution in [3.05, 3.63) is 33.8 Å². The van der Waals surface area contributed by atoms with Gasteiger partial charge in [0.25, 0.3) is 5.91 Å². The van der Waals surface area contributed by atoms with Crippen molar-refractivity contribution < 1.29 is 19.4 Å². The molecule has 1 aromatic carbocycles. The Morgan fingerprint density at radius 2 is 1.76 bits per heavy atom. The highest BCUT2D eigenvalue weighted by Crippen LogP contribution is 2.23. The lowest BCUT2D eigenvalue weighted by Gasteiger charge is -2.33. The molecule has 114 valence electrons. The van der Waals surface area contributed by atoms with Crippen LogP contribution in [0.25, 0.3) is 0 Å². The molecule has 21 heavy (non-hydrogen) atoms. The maximum Gasteiger partial charge on any atom is 0.323 e. The molecule has 0 bridgehead atoms. The lowest BCUT2D eigenvalue weighted by molar-refractivity contribution is -0.138. The van der Waals surface area contributed by atoms with Crippen LogP contribution in [-0.2, 0) is 9.53 Å². The number of carboxylic acids is 1. The van der Waals surface area contributed by atoms with Crippen molar-refractivity contribution in [1.82, 2.24) is 4.90 Å². The van der Waals surface area contributed by atoms with E-state index in [1.165, 1.54) is 23.1 Å². The molecule has 0 spiro atoms. The molecule has 5 nitrogen and oxygen atoms in total. The van der Waals surface area contributed by atoms with E-state index >= 15 is 0 Å². The second-order valence-electron chi connectivity index (χ2n) is 4.83. The van der Waals surface area contributed by atoms with Gasteiger partial charge < -0.3 is 14.7 Å². The normalized spacial score (nSPS) is 15.7. The topological polar surface area (TPSA) is 66.8 Å². The van der Waals surface area contributed by atoms with E-state index in [4.69, 9.17) is 33.0 Å². The summed E-state index contributed by atoms with van der Waals surface area (Å²) in [6.07, 6.45) is 1.24. The Bertz CT molecular complexity index is 524. The molecule has 1 fully saturated rings. The zero-order chi connectivity index (χ0) is 15.4. The second-order valence-corrected chi connectivity index (χ2v) is 5.70. The minimum Gasteiger partial charge on any atom is -0.480 e. The Morgan fingerprint density at radius 1 is 1.19 bits per heavy atom. The molecule has 0 aromatic heterocycles. The van der Waals surface area contributed by atoms with Crippen LogP contribution in [0.3, 0.4) is 0 Å². The molecule has 0 aliphatic carbocycles. The molecular formula is C14H15Cl2NO4. The van der Waals surface area contributed by atoms with Crippen LogP contribution in [0.5, 0.6) is 0 Å². The van der Waals surface area contributed by atoms with E-state index in [-0.39, 0.29) is 18.5 Å². The standard InChI is InChI=1S/C14H15Cl2NO4/c15-10-5-9(6-11(16)7-10)14(20)17(8-13(18)19)12-1-3-21-4-2-12/h5-7,12H,1-4,8H2,(H,18,19). The molecule has 7 heteroatoms. The van der Waals surface area contributed by atoms with E-state index in [1.54, 1.807) is 0 Å². The van der Waals surface area contributed by atoms with Gasteiger partial charge in [0.1, 0.15) is 6.54 Å². The lowest BCUT2D eigenvalue weighted by atomic mass is 10.1. The molecular weight excluding hydrogens is 317 g/mol. The molecule has 1 aliphatic heterocycles. The summed E-state index contributed by atoms with van der Waals surface area (Å²) < 4.78 is 5.25. The molecule has 1 aliphatic rings. The number of rotatable bonds is 4. The van der Waals surface area contributed by atoms with Crippen LogP contribution in [-0.4, -0.2) is 47.7 Å². The molecule has 1 heterocycles. The number of hydrogen-bond donors (Lipinski definition) is 1. The third kappa shape index (κ3) is 4.33. The van der Waals surface area contributed by atoms with Crippen LogP contribution in [0.2, 0.25) is 10.0 Å². The Hall–Kier alpha value is -1.30. The van der Waals surface area contributed by atoms with Gasteiger partial charge in [0.15, 0.2) is 0 Å². The van der Waals surface area contributed by atoms with Gasteiger partial charge in [-0.3, -0.25) is 9.59 Å². The smallest absolute Gasteiger partial charge is 0.323 e. The first kappa shape index (κ1) is 16.1. The number of amides is 1. The number of nitrogens with zero attached hydrogens (tertiary/aromatic N) is 1. The molecule has 2 rings (SSSR count). The highest BCUT2D eigenvalue weighted by atomic mass is 35.5. The van der Waals surface area contributed by atoms with Gasteiger partial charge >= 0.3 is 5.97 Å². The van der Waals surface area contributed by atoms with E-state index in [0.717, 1.165) is 0 Å². The number of carbonyl (C=O) groups is 2. The van der Waals surface area contributed by atoms with Crippen LogP contribution in [0.15, 0.2) is 18.2 Å². The van der Waals surface area contributed by atoms with Crippen molar-refractivity contribution >= 4 is 35.1 Å². The first-order valence-corrected chi connectivity index (χ1v) is 7.29. The molecule has 1 saturated heterocycles. The average Bonchev–Trinajstić information content (AvgIpc) is 2.44. The number of carbonyl (C=O) groups excluding carboxylic acids is 1. The molecule has 1 aromatic rings. The summed E-state index contributed by atoms with van der Waals surface area (Å²) in [5, 5.41) is 9.72. The highest BCUT2D eigenvalue weighted by molar-refractivity contribution is 6.35.